The number of benzene rings is 3. The third-order valence-electron chi connectivity index (χ3n) is 6.62. The summed E-state index contributed by atoms with van der Waals surface area (Å²) < 4.78 is 3.92. The molecule has 7 rings (SSSR count). The summed E-state index contributed by atoms with van der Waals surface area (Å²) in [5.41, 5.74) is 7.36. The Kier molecular flexibility index (Phi) is 6.59. The molecule has 202 valence electrons. The average molecular weight is 549 g/mol. The molecule has 10 nitrogen and oxygen atoms in total. The van der Waals surface area contributed by atoms with E-state index in [0.29, 0.717) is 11.9 Å². The smallest absolute Gasteiger partial charge is 0.227 e. The van der Waals surface area contributed by atoms with Crippen molar-refractivity contribution in [1.82, 2.24) is 39.0 Å². The molecule has 0 fully saturated rings. The molecule has 0 radical (unpaired) electrons. The van der Waals surface area contributed by atoms with Crippen molar-refractivity contribution in [1.29, 1.82) is 0 Å². The minimum absolute atomic E-state index is 0.501. The largest absolute Gasteiger partial charge is 0.324 e. The predicted octanol–water partition coefficient (Wildman–Crippen LogP) is 6.46. The van der Waals surface area contributed by atoms with Crippen LogP contribution in [-0.2, 0) is 0 Å². The fourth-order valence-electron chi connectivity index (χ4n) is 4.52. The molecule has 0 aliphatic heterocycles. The summed E-state index contributed by atoms with van der Waals surface area (Å²) in [5, 5.41) is 6.61. The second-order valence-corrected chi connectivity index (χ2v) is 9.40. The minimum Gasteiger partial charge on any atom is -0.324 e. The average Bonchev–Trinajstić information content (AvgIpc) is 3.78. The molecule has 0 spiro atoms. The van der Waals surface area contributed by atoms with Gasteiger partial charge in [0.15, 0.2) is 0 Å². The molecule has 0 aliphatic rings. The maximum absolute atomic E-state index is 4.72. The first-order chi connectivity index (χ1) is 20.8. The Bertz CT molecular complexity index is 1780. The van der Waals surface area contributed by atoms with E-state index in [-0.39, 0.29) is 0 Å². The molecule has 4 aromatic heterocycles. The fourth-order valence-corrected chi connectivity index (χ4v) is 4.52. The summed E-state index contributed by atoms with van der Waals surface area (Å²) >= 11 is 0. The standard InChI is InChI=1S/C32H24N10/c1-2-25(37-31-35-14-12-29(39-31)23-4-8-27(9-5-23)41-18-16-33-21-41)20-26(3-1)38-32-36-15-13-30(40-32)24-6-10-28(11-7-24)42-19-17-34-22-42/h1-22H,(H,35,37,39)(H,36,38,40). The molecule has 7 aromatic rings. The minimum atomic E-state index is 0.501. The van der Waals surface area contributed by atoms with Gasteiger partial charge in [-0.15, -0.1) is 0 Å². The van der Waals surface area contributed by atoms with Crippen LogP contribution in [0.3, 0.4) is 0 Å². The second kappa shape index (κ2) is 11.1. The Hall–Kier alpha value is -6.16. The molecule has 0 unspecified atom stereocenters. The predicted molar refractivity (Wildman–Crippen MR) is 162 cm³/mol. The van der Waals surface area contributed by atoms with Crippen LogP contribution in [-0.4, -0.2) is 39.0 Å². The normalized spacial score (nSPS) is 10.9. The van der Waals surface area contributed by atoms with E-state index < -0.39 is 0 Å². The van der Waals surface area contributed by atoms with Crippen molar-refractivity contribution in [3.63, 3.8) is 0 Å². The Balaban J connectivity index is 1.05. The molecule has 4 heterocycles. The number of rotatable bonds is 8. The lowest BCUT2D eigenvalue weighted by Gasteiger charge is -2.10. The lowest BCUT2D eigenvalue weighted by molar-refractivity contribution is 1.06. The zero-order valence-electron chi connectivity index (χ0n) is 22.3. The molecule has 0 amide bonds. The van der Waals surface area contributed by atoms with Gasteiger partial charge in [0.05, 0.1) is 24.0 Å². The summed E-state index contributed by atoms with van der Waals surface area (Å²) in [6.07, 6.45) is 14.4. The highest BCUT2D eigenvalue weighted by molar-refractivity contribution is 5.68. The van der Waals surface area contributed by atoms with Crippen LogP contribution in [0.4, 0.5) is 23.3 Å². The van der Waals surface area contributed by atoms with Gasteiger partial charge in [0.25, 0.3) is 0 Å². The third kappa shape index (κ3) is 5.45. The van der Waals surface area contributed by atoms with Crippen LogP contribution in [0.2, 0.25) is 0 Å². The van der Waals surface area contributed by atoms with Crippen molar-refractivity contribution in [2.45, 2.75) is 0 Å². The van der Waals surface area contributed by atoms with Crippen molar-refractivity contribution in [3.05, 3.63) is 135 Å². The van der Waals surface area contributed by atoms with Gasteiger partial charge in [0, 0.05) is 71.1 Å². The van der Waals surface area contributed by atoms with Crippen molar-refractivity contribution >= 4 is 23.3 Å². The van der Waals surface area contributed by atoms with Crippen molar-refractivity contribution in [2.75, 3.05) is 10.6 Å². The second-order valence-electron chi connectivity index (χ2n) is 9.40. The summed E-state index contributed by atoms with van der Waals surface area (Å²) in [7, 11) is 0. The summed E-state index contributed by atoms with van der Waals surface area (Å²) in [6, 6.07) is 27.9. The SMILES string of the molecule is c1cc(Nc2nccc(-c3ccc(-n4ccnc4)cc3)n2)cc(Nc2nccc(-c3ccc(-n4ccnc4)cc3)n2)c1. The van der Waals surface area contributed by atoms with Crippen LogP contribution in [0.1, 0.15) is 0 Å². The van der Waals surface area contributed by atoms with E-state index in [1.807, 2.05) is 106 Å². The molecule has 2 N–H and O–H groups in total. The molecule has 42 heavy (non-hydrogen) atoms. The van der Waals surface area contributed by atoms with Gasteiger partial charge >= 0.3 is 0 Å². The van der Waals surface area contributed by atoms with E-state index in [4.69, 9.17) is 9.97 Å². The highest BCUT2D eigenvalue weighted by atomic mass is 15.1. The number of nitrogens with zero attached hydrogens (tertiary/aromatic N) is 8. The topological polar surface area (TPSA) is 111 Å². The van der Waals surface area contributed by atoms with Crippen LogP contribution in [0.25, 0.3) is 33.9 Å². The highest BCUT2D eigenvalue weighted by Crippen LogP contribution is 2.25. The first-order valence-electron chi connectivity index (χ1n) is 13.2. The summed E-state index contributed by atoms with van der Waals surface area (Å²) in [6.45, 7) is 0. The maximum Gasteiger partial charge on any atom is 0.227 e. The van der Waals surface area contributed by atoms with E-state index in [1.165, 1.54) is 0 Å². The van der Waals surface area contributed by atoms with Crippen molar-refractivity contribution in [3.8, 4) is 33.9 Å². The van der Waals surface area contributed by atoms with Gasteiger partial charge in [-0.1, -0.05) is 30.3 Å². The van der Waals surface area contributed by atoms with Gasteiger partial charge in [0.1, 0.15) is 0 Å². The van der Waals surface area contributed by atoms with Crippen LogP contribution >= 0.6 is 0 Å². The number of hydrogen-bond acceptors (Lipinski definition) is 8. The third-order valence-corrected chi connectivity index (χ3v) is 6.62. The number of hydrogen-bond donors (Lipinski definition) is 2. The number of imidazole rings is 2. The van der Waals surface area contributed by atoms with E-state index in [2.05, 4.69) is 30.6 Å². The first-order valence-corrected chi connectivity index (χ1v) is 13.2. The molecular formula is C32H24N10. The Morgan fingerprint density at radius 2 is 0.976 bits per heavy atom. The van der Waals surface area contributed by atoms with Gasteiger partial charge in [-0.25, -0.2) is 29.9 Å². The summed E-state index contributed by atoms with van der Waals surface area (Å²) in [4.78, 5) is 26.5. The Labute approximate surface area is 241 Å². The molecule has 10 heteroatoms. The van der Waals surface area contributed by atoms with Crippen LogP contribution in [0, 0.1) is 0 Å². The Morgan fingerprint density at radius 3 is 1.40 bits per heavy atom. The fraction of sp³-hybridized carbons (Fsp3) is 0. The number of nitrogens with one attached hydrogen (secondary N) is 2. The zero-order valence-corrected chi connectivity index (χ0v) is 22.3. The van der Waals surface area contributed by atoms with Crippen molar-refractivity contribution in [2.24, 2.45) is 0 Å². The van der Waals surface area contributed by atoms with Gasteiger partial charge in [-0.3, -0.25) is 0 Å². The molecule has 0 bridgehead atoms. The molecule has 3 aromatic carbocycles. The highest BCUT2D eigenvalue weighted by Gasteiger charge is 2.07. The Morgan fingerprint density at radius 1 is 0.500 bits per heavy atom. The van der Waals surface area contributed by atoms with E-state index in [0.717, 1.165) is 45.3 Å². The van der Waals surface area contributed by atoms with Gasteiger partial charge in [-0.05, 0) is 54.6 Å². The summed E-state index contributed by atoms with van der Waals surface area (Å²) in [5.74, 6) is 1.00. The lowest BCUT2D eigenvalue weighted by atomic mass is 10.1. The van der Waals surface area contributed by atoms with Crippen LogP contribution in [0.5, 0.6) is 0 Å². The van der Waals surface area contributed by atoms with E-state index in [9.17, 15) is 0 Å². The zero-order chi connectivity index (χ0) is 28.1. The monoisotopic (exact) mass is 548 g/mol. The molecule has 0 saturated heterocycles. The first kappa shape index (κ1) is 24.9. The lowest BCUT2D eigenvalue weighted by Crippen LogP contribution is -2.00. The quantitative estimate of drug-likeness (QED) is 0.223. The number of aromatic nitrogens is 8. The molecule has 0 saturated carbocycles. The number of anilines is 4. The maximum atomic E-state index is 4.72. The van der Waals surface area contributed by atoms with Crippen LogP contribution < -0.4 is 10.6 Å². The molecule has 0 aliphatic carbocycles. The molecule has 0 atom stereocenters. The molecular weight excluding hydrogens is 524 g/mol. The van der Waals surface area contributed by atoms with Gasteiger partial charge < -0.3 is 19.8 Å². The van der Waals surface area contributed by atoms with E-state index >= 15 is 0 Å². The van der Waals surface area contributed by atoms with Crippen molar-refractivity contribution < 1.29 is 0 Å². The van der Waals surface area contributed by atoms with Gasteiger partial charge in [-0.2, -0.15) is 0 Å². The van der Waals surface area contributed by atoms with E-state index in [1.54, 1.807) is 37.4 Å². The van der Waals surface area contributed by atoms with Gasteiger partial charge in [0.2, 0.25) is 11.9 Å². The van der Waals surface area contributed by atoms with Crippen LogP contribution in [0.15, 0.2) is 135 Å².